The second-order valence-corrected chi connectivity index (χ2v) is 7.56. The van der Waals surface area contributed by atoms with E-state index in [9.17, 15) is 4.79 Å². The molecule has 0 radical (unpaired) electrons. The van der Waals surface area contributed by atoms with Crippen LogP contribution in [0.15, 0.2) is 57.0 Å². The Labute approximate surface area is 161 Å². The van der Waals surface area contributed by atoms with Crippen molar-refractivity contribution in [3.05, 3.63) is 53.6 Å². The predicted molar refractivity (Wildman–Crippen MR) is 107 cm³/mol. The van der Waals surface area contributed by atoms with Gasteiger partial charge in [-0.25, -0.2) is 0 Å². The molecule has 1 aromatic heterocycles. The van der Waals surface area contributed by atoms with Gasteiger partial charge in [-0.1, -0.05) is 41.1 Å². The molecule has 0 aliphatic carbocycles. The first-order valence-corrected chi connectivity index (χ1v) is 10.2. The molecule has 0 aliphatic heterocycles. The summed E-state index contributed by atoms with van der Waals surface area (Å²) in [5.74, 6) is 0.562. The number of nitrogens with one attached hydrogen (secondary N) is 1. The minimum atomic E-state index is -0.109. The fraction of sp³-hybridized carbons (Fsp3) is 0.211. The SMILES string of the molecule is CSc1ccccc1NC(=O)CSc1nnc(-c2cc(C)cc(C)c2)o1. The zero-order chi connectivity index (χ0) is 18.5. The van der Waals surface area contributed by atoms with E-state index in [2.05, 4.69) is 21.6 Å². The Bertz CT molecular complexity index is 904. The summed E-state index contributed by atoms with van der Waals surface area (Å²) < 4.78 is 5.68. The number of para-hydroxylation sites is 1. The molecule has 0 spiro atoms. The first kappa shape index (κ1) is 18.5. The standard InChI is InChI=1S/C19H19N3O2S2/c1-12-8-13(2)10-14(9-12)18-21-22-19(24-18)26-11-17(23)20-15-6-4-5-7-16(15)25-3/h4-10H,11H2,1-3H3,(H,20,23). The molecule has 0 atom stereocenters. The Morgan fingerprint density at radius 1 is 1.12 bits per heavy atom. The zero-order valence-electron chi connectivity index (χ0n) is 14.8. The smallest absolute Gasteiger partial charge is 0.277 e. The van der Waals surface area contributed by atoms with Gasteiger partial charge in [-0.2, -0.15) is 0 Å². The molecular weight excluding hydrogens is 366 g/mol. The molecule has 1 N–H and O–H groups in total. The highest BCUT2D eigenvalue weighted by Crippen LogP contribution is 2.27. The fourth-order valence-corrected chi connectivity index (χ4v) is 3.66. The number of carbonyl (C=O) groups excluding carboxylic acids is 1. The molecule has 2 aromatic carbocycles. The molecule has 0 fully saturated rings. The molecule has 0 saturated carbocycles. The van der Waals surface area contributed by atoms with Crippen molar-refractivity contribution in [2.75, 3.05) is 17.3 Å². The topological polar surface area (TPSA) is 68.0 Å². The summed E-state index contributed by atoms with van der Waals surface area (Å²) in [6.07, 6.45) is 1.98. The molecule has 134 valence electrons. The third-order valence-corrected chi connectivity index (χ3v) is 5.20. The number of aromatic nitrogens is 2. The average molecular weight is 386 g/mol. The molecule has 0 bridgehead atoms. The highest BCUT2D eigenvalue weighted by atomic mass is 32.2. The molecule has 3 rings (SSSR count). The van der Waals surface area contributed by atoms with E-state index in [0.29, 0.717) is 11.1 Å². The molecule has 5 nitrogen and oxygen atoms in total. The highest BCUT2D eigenvalue weighted by molar-refractivity contribution is 7.99. The maximum Gasteiger partial charge on any atom is 0.277 e. The number of aryl methyl sites for hydroxylation is 2. The first-order chi connectivity index (χ1) is 12.5. The van der Waals surface area contributed by atoms with Gasteiger partial charge in [-0.3, -0.25) is 4.79 Å². The van der Waals surface area contributed by atoms with Crippen molar-refractivity contribution in [3.8, 4) is 11.5 Å². The van der Waals surface area contributed by atoms with Crippen molar-refractivity contribution in [1.29, 1.82) is 0 Å². The normalized spacial score (nSPS) is 10.7. The molecule has 0 saturated heterocycles. The van der Waals surface area contributed by atoms with Crippen LogP contribution in [0.4, 0.5) is 5.69 Å². The van der Waals surface area contributed by atoms with Crippen molar-refractivity contribution in [1.82, 2.24) is 10.2 Å². The van der Waals surface area contributed by atoms with E-state index in [-0.39, 0.29) is 11.7 Å². The number of carbonyl (C=O) groups is 1. The largest absolute Gasteiger partial charge is 0.411 e. The number of hydrogen-bond donors (Lipinski definition) is 1. The van der Waals surface area contributed by atoms with Crippen molar-refractivity contribution >= 4 is 35.1 Å². The highest BCUT2D eigenvalue weighted by Gasteiger charge is 2.12. The van der Waals surface area contributed by atoms with E-state index in [1.54, 1.807) is 11.8 Å². The second kappa shape index (κ2) is 8.42. The van der Waals surface area contributed by atoms with Gasteiger partial charge in [0.2, 0.25) is 11.8 Å². The Hall–Kier alpha value is -2.25. The van der Waals surface area contributed by atoms with Crippen molar-refractivity contribution < 1.29 is 9.21 Å². The summed E-state index contributed by atoms with van der Waals surface area (Å²) in [5.41, 5.74) is 3.98. The number of amides is 1. The maximum absolute atomic E-state index is 12.2. The Kier molecular flexibility index (Phi) is 6.00. The molecule has 1 amide bonds. The minimum Gasteiger partial charge on any atom is -0.411 e. The van der Waals surface area contributed by atoms with Crippen LogP contribution in [0.2, 0.25) is 0 Å². The summed E-state index contributed by atoms with van der Waals surface area (Å²) in [6.45, 7) is 4.05. The summed E-state index contributed by atoms with van der Waals surface area (Å²) in [5, 5.41) is 11.4. The number of rotatable bonds is 6. The van der Waals surface area contributed by atoms with E-state index < -0.39 is 0 Å². The van der Waals surface area contributed by atoms with E-state index in [1.165, 1.54) is 11.8 Å². The Morgan fingerprint density at radius 3 is 2.58 bits per heavy atom. The minimum absolute atomic E-state index is 0.109. The van der Waals surface area contributed by atoms with Crippen LogP contribution in [-0.2, 0) is 4.79 Å². The summed E-state index contributed by atoms with van der Waals surface area (Å²) >= 11 is 2.82. The number of anilines is 1. The number of hydrogen-bond acceptors (Lipinski definition) is 6. The summed E-state index contributed by atoms with van der Waals surface area (Å²) in [7, 11) is 0. The van der Waals surface area contributed by atoms with Crippen LogP contribution < -0.4 is 5.32 Å². The van der Waals surface area contributed by atoms with Crippen LogP contribution in [-0.4, -0.2) is 28.1 Å². The molecule has 1 heterocycles. The fourth-order valence-electron chi connectivity index (χ4n) is 2.54. The number of nitrogens with zero attached hydrogens (tertiary/aromatic N) is 2. The van der Waals surface area contributed by atoms with Crippen LogP contribution in [0.25, 0.3) is 11.5 Å². The molecular formula is C19H19N3O2S2. The third-order valence-electron chi connectivity index (χ3n) is 3.58. The number of benzene rings is 2. The monoisotopic (exact) mass is 385 g/mol. The van der Waals surface area contributed by atoms with Crippen molar-refractivity contribution in [3.63, 3.8) is 0 Å². The maximum atomic E-state index is 12.2. The predicted octanol–water partition coefficient (Wildman–Crippen LogP) is 4.81. The summed E-state index contributed by atoms with van der Waals surface area (Å²) in [4.78, 5) is 13.2. The zero-order valence-corrected chi connectivity index (χ0v) is 16.4. The second-order valence-electron chi connectivity index (χ2n) is 5.79. The molecule has 7 heteroatoms. The average Bonchev–Trinajstić information content (AvgIpc) is 3.09. The van der Waals surface area contributed by atoms with Gasteiger partial charge in [0.15, 0.2) is 0 Å². The lowest BCUT2D eigenvalue weighted by Gasteiger charge is -2.08. The molecule has 3 aromatic rings. The Morgan fingerprint density at radius 2 is 1.85 bits per heavy atom. The number of thioether (sulfide) groups is 2. The van der Waals surface area contributed by atoms with Crippen molar-refractivity contribution in [2.24, 2.45) is 0 Å². The Balaban J connectivity index is 1.62. The van der Waals surface area contributed by atoms with Crippen LogP contribution in [0, 0.1) is 13.8 Å². The third kappa shape index (κ3) is 4.68. The van der Waals surface area contributed by atoms with Gasteiger partial charge in [0.1, 0.15) is 0 Å². The summed E-state index contributed by atoms with van der Waals surface area (Å²) in [6, 6.07) is 13.8. The molecule has 0 aliphatic rings. The van der Waals surface area contributed by atoms with Gasteiger partial charge in [-0.05, 0) is 44.4 Å². The van der Waals surface area contributed by atoms with Gasteiger partial charge in [-0.15, -0.1) is 22.0 Å². The van der Waals surface area contributed by atoms with Gasteiger partial charge in [0.05, 0.1) is 11.4 Å². The van der Waals surface area contributed by atoms with Crippen LogP contribution in [0.1, 0.15) is 11.1 Å². The van der Waals surface area contributed by atoms with E-state index in [4.69, 9.17) is 4.42 Å². The molecule has 0 unspecified atom stereocenters. The first-order valence-electron chi connectivity index (χ1n) is 8.03. The lowest BCUT2D eigenvalue weighted by atomic mass is 10.1. The lowest BCUT2D eigenvalue weighted by Crippen LogP contribution is -2.14. The van der Waals surface area contributed by atoms with Gasteiger partial charge in [0.25, 0.3) is 5.22 Å². The van der Waals surface area contributed by atoms with Crippen LogP contribution in [0.3, 0.4) is 0 Å². The van der Waals surface area contributed by atoms with Gasteiger partial charge >= 0.3 is 0 Å². The molecule has 26 heavy (non-hydrogen) atoms. The quantitative estimate of drug-likeness (QED) is 0.614. The van der Waals surface area contributed by atoms with Crippen LogP contribution in [0.5, 0.6) is 0 Å². The van der Waals surface area contributed by atoms with Gasteiger partial charge < -0.3 is 9.73 Å². The lowest BCUT2D eigenvalue weighted by molar-refractivity contribution is -0.113. The van der Waals surface area contributed by atoms with Gasteiger partial charge in [0, 0.05) is 10.5 Å². The van der Waals surface area contributed by atoms with E-state index >= 15 is 0 Å². The van der Waals surface area contributed by atoms with E-state index in [0.717, 1.165) is 27.3 Å². The van der Waals surface area contributed by atoms with Crippen molar-refractivity contribution in [2.45, 2.75) is 24.0 Å². The van der Waals surface area contributed by atoms with E-state index in [1.807, 2.05) is 56.5 Å². The van der Waals surface area contributed by atoms with Crippen LogP contribution >= 0.6 is 23.5 Å².